The Labute approximate surface area is 79.7 Å². The van der Waals surface area contributed by atoms with Gasteiger partial charge in [0.15, 0.2) is 0 Å². The zero-order valence-corrected chi connectivity index (χ0v) is 8.64. The van der Waals surface area contributed by atoms with Crippen LogP contribution in [-0.2, 0) is 4.79 Å². The molecule has 0 N–H and O–H groups in total. The zero-order valence-electron chi connectivity index (χ0n) is 7.74. The highest BCUT2D eigenvalue weighted by Crippen LogP contribution is 2.11. The average Bonchev–Trinajstić information content (AvgIpc) is 2.02. The highest BCUT2D eigenvalue weighted by Gasteiger charge is 2.20. The molecule has 1 amide bonds. The van der Waals surface area contributed by atoms with E-state index in [9.17, 15) is 4.79 Å². The van der Waals surface area contributed by atoms with Gasteiger partial charge in [-0.25, -0.2) is 0 Å². The Morgan fingerprint density at radius 2 is 2.17 bits per heavy atom. The first-order valence-corrected chi connectivity index (χ1v) is 4.38. The molecule has 1 atom stereocenters. The van der Waals surface area contributed by atoms with Gasteiger partial charge in [0.25, 0.3) is 0 Å². The molecule has 0 aromatic carbocycles. The van der Waals surface area contributed by atoms with E-state index in [1.54, 1.807) is 7.05 Å². The van der Waals surface area contributed by atoms with E-state index in [0.717, 1.165) is 0 Å². The summed E-state index contributed by atoms with van der Waals surface area (Å²) < 4.78 is 0. The molecule has 12 heavy (non-hydrogen) atoms. The van der Waals surface area contributed by atoms with Crippen molar-refractivity contribution in [3.63, 3.8) is 0 Å². The number of amides is 1. The van der Waals surface area contributed by atoms with Crippen molar-refractivity contribution in [2.75, 3.05) is 13.6 Å². The molecule has 0 radical (unpaired) electrons. The lowest BCUT2D eigenvalue weighted by atomic mass is 10.1. The quantitative estimate of drug-likeness (QED) is 0.514. The number of nitrogens with zero attached hydrogens (tertiary/aromatic N) is 1. The third kappa shape index (κ3) is 3.19. The minimum Gasteiger partial charge on any atom is -0.334 e. The van der Waals surface area contributed by atoms with E-state index >= 15 is 0 Å². The third-order valence-corrected chi connectivity index (χ3v) is 2.41. The van der Waals surface area contributed by atoms with Gasteiger partial charge in [-0.1, -0.05) is 19.8 Å². The molecular weight excluding hydrogens is 170 g/mol. The van der Waals surface area contributed by atoms with Crippen molar-refractivity contribution < 1.29 is 4.79 Å². The predicted octanol–water partition coefficient (Wildman–Crippen LogP) is 1.03. The number of thiol groups is 1. The molecular formula is C9H15NOS. The van der Waals surface area contributed by atoms with E-state index in [2.05, 4.69) is 18.5 Å². The van der Waals surface area contributed by atoms with Crippen molar-refractivity contribution in [2.24, 2.45) is 5.92 Å². The molecule has 1 unspecified atom stereocenters. The molecule has 0 aromatic rings. The Morgan fingerprint density at radius 3 is 2.50 bits per heavy atom. The number of rotatable bonds is 3. The Kier molecular flexibility index (Phi) is 4.84. The highest BCUT2D eigenvalue weighted by molar-refractivity contribution is 7.81. The summed E-state index contributed by atoms with van der Waals surface area (Å²) >= 11 is 4.19. The van der Waals surface area contributed by atoms with Gasteiger partial charge in [0.05, 0.1) is 11.8 Å². The average molecular weight is 185 g/mol. The van der Waals surface area contributed by atoms with Crippen LogP contribution in [-0.4, -0.2) is 29.6 Å². The number of hydrogen-bond acceptors (Lipinski definition) is 2. The maximum atomic E-state index is 11.4. The topological polar surface area (TPSA) is 20.3 Å². The lowest BCUT2D eigenvalue weighted by molar-refractivity contribution is -0.129. The van der Waals surface area contributed by atoms with Crippen LogP contribution in [0.5, 0.6) is 0 Å². The van der Waals surface area contributed by atoms with Gasteiger partial charge in [0.1, 0.15) is 0 Å². The van der Waals surface area contributed by atoms with Crippen molar-refractivity contribution in [3.8, 4) is 12.3 Å². The fourth-order valence-electron chi connectivity index (χ4n) is 0.726. The van der Waals surface area contributed by atoms with Crippen molar-refractivity contribution >= 4 is 18.5 Å². The van der Waals surface area contributed by atoms with Crippen LogP contribution < -0.4 is 0 Å². The van der Waals surface area contributed by atoms with Crippen LogP contribution in [0.1, 0.15) is 13.8 Å². The molecule has 0 spiro atoms. The summed E-state index contributed by atoms with van der Waals surface area (Å²) in [7, 11) is 1.69. The molecule has 0 rings (SSSR count). The Morgan fingerprint density at radius 1 is 1.67 bits per heavy atom. The monoisotopic (exact) mass is 185 g/mol. The van der Waals surface area contributed by atoms with Gasteiger partial charge in [0, 0.05) is 7.05 Å². The van der Waals surface area contributed by atoms with Crippen molar-refractivity contribution in [3.05, 3.63) is 0 Å². The Bertz CT molecular complexity index is 195. The zero-order chi connectivity index (χ0) is 9.72. The van der Waals surface area contributed by atoms with Crippen LogP contribution >= 0.6 is 12.6 Å². The van der Waals surface area contributed by atoms with Gasteiger partial charge >= 0.3 is 0 Å². The summed E-state index contributed by atoms with van der Waals surface area (Å²) in [4.78, 5) is 12.9. The molecule has 0 bridgehead atoms. The first-order valence-electron chi connectivity index (χ1n) is 3.87. The van der Waals surface area contributed by atoms with Crippen LogP contribution in [0, 0.1) is 18.3 Å². The number of terminal acetylenes is 1. The molecule has 3 heteroatoms. The van der Waals surface area contributed by atoms with Crippen LogP contribution in [0.3, 0.4) is 0 Å². The normalized spacial score (nSPS) is 12.3. The van der Waals surface area contributed by atoms with E-state index in [4.69, 9.17) is 6.42 Å². The largest absolute Gasteiger partial charge is 0.334 e. The van der Waals surface area contributed by atoms with E-state index in [-0.39, 0.29) is 17.1 Å². The molecule has 0 fully saturated rings. The summed E-state index contributed by atoms with van der Waals surface area (Å²) in [6.45, 7) is 4.27. The van der Waals surface area contributed by atoms with E-state index in [0.29, 0.717) is 6.54 Å². The Hall–Kier alpha value is -0.620. The summed E-state index contributed by atoms with van der Waals surface area (Å²) in [5.41, 5.74) is 0. The fraction of sp³-hybridized carbons (Fsp3) is 0.667. The molecule has 0 aliphatic heterocycles. The van der Waals surface area contributed by atoms with Gasteiger partial charge in [-0.15, -0.1) is 6.42 Å². The van der Waals surface area contributed by atoms with Crippen molar-refractivity contribution in [2.45, 2.75) is 19.1 Å². The maximum absolute atomic E-state index is 11.4. The standard InChI is InChI=1S/C9H15NOS/c1-5-6-10(4)9(11)8(12)7(2)3/h1,7-8,12H,6H2,2-4H3. The SMILES string of the molecule is C#CCN(C)C(=O)C(S)C(C)C. The molecule has 0 saturated heterocycles. The van der Waals surface area contributed by atoms with E-state index in [1.165, 1.54) is 4.90 Å². The van der Waals surface area contributed by atoms with Crippen LogP contribution in [0.25, 0.3) is 0 Å². The highest BCUT2D eigenvalue weighted by atomic mass is 32.1. The fourth-order valence-corrected chi connectivity index (χ4v) is 0.923. The van der Waals surface area contributed by atoms with Crippen LogP contribution in [0.15, 0.2) is 0 Å². The first-order chi connectivity index (χ1) is 5.50. The van der Waals surface area contributed by atoms with Gasteiger partial charge in [-0.3, -0.25) is 4.79 Å². The van der Waals surface area contributed by atoms with Crippen LogP contribution in [0.4, 0.5) is 0 Å². The van der Waals surface area contributed by atoms with Gasteiger partial charge < -0.3 is 4.90 Å². The number of hydrogen-bond donors (Lipinski definition) is 1. The number of carbonyl (C=O) groups excluding carboxylic acids is 1. The summed E-state index contributed by atoms with van der Waals surface area (Å²) in [5, 5.41) is -0.247. The molecule has 68 valence electrons. The molecule has 2 nitrogen and oxygen atoms in total. The molecule has 0 aliphatic rings. The van der Waals surface area contributed by atoms with Crippen molar-refractivity contribution in [1.82, 2.24) is 4.90 Å². The summed E-state index contributed by atoms with van der Waals surface area (Å²) in [6.07, 6.45) is 5.07. The molecule has 0 heterocycles. The minimum atomic E-state index is -0.247. The molecule has 0 saturated carbocycles. The summed E-state index contributed by atoms with van der Waals surface area (Å²) in [5.74, 6) is 2.64. The van der Waals surface area contributed by atoms with Crippen molar-refractivity contribution in [1.29, 1.82) is 0 Å². The number of carbonyl (C=O) groups is 1. The summed E-state index contributed by atoms with van der Waals surface area (Å²) in [6, 6.07) is 0. The van der Waals surface area contributed by atoms with E-state index < -0.39 is 0 Å². The molecule has 0 aliphatic carbocycles. The Balaban J connectivity index is 4.11. The third-order valence-electron chi connectivity index (χ3n) is 1.59. The lowest BCUT2D eigenvalue weighted by Gasteiger charge is -2.20. The lowest BCUT2D eigenvalue weighted by Crippen LogP contribution is -2.36. The van der Waals surface area contributed by atoms with Gasteiger partial charge in [-0.2, -0.15) is 12.6 Å². The predicted molar refractivity (Wildman–Crippen MR) is 54.1 cm³/mol. The van der Waals surface area contributed by atoms with E-state index in [1.807, 2.05) is 13.8 Å². The first kappa shape index (κ1) is 11.4. The smallest absolute Gasteiger partial charge is 0.236 e. The van der Waals surface area contributed by atoms with Gasteiger partial charge in [0.2, 0.25) is 5.91 Å². The molecule has 0 aromatic heterocycles. The van der Waals surface area contributed by atoms with Crippen LogP contribution in [0.2, 0.25) is 0 Å². The van der Waals surface area contributed by atoms with Gasteiger partial charge in [-0.05, 0) is 5.92 Å². The maximum Gasteiger partial charge on any atom is 0.236 e. The minimum absolute atomic E-state index is 0.00807. The second-order valence-electron chi connectivity index (χ2n) is 3.09. The second-order valence-corrected chi connectivity index (χ2v) is 3.64. The second kappa shape index (κ2) is 5.10.